The van der Waals surface area contributed by atoms with Gasteiger partial charge in [0.15, 0.2) is 23.1 Å². The Morgan fingerprint density at radius 3 is 1.27 bits per heavy atom. The van der Waals surface area contributed by atoms with Gasteiger partial charge in [0.1, 0.15) is 29.4 Å². The zero-order chi connectivity index (χ0) is 83.6. The van der Waals surface area contributed by atoms with Crippen LogP contribution in [0.1, 0.15) is 250 Å². The zero-order valence-corrected chi connectivity index (χ0v) is 79.0. The third-order valence-corrected chi connectivity index (χ3v) is 22.8. The van der Waals surface area contributed by atoms with Crippen LogP contribution in [0.3, 0.4) is 0 Å². The van der Waals surface area contributed by atoms with Gasteiger partial charge in [-0.15, -0.1) is 22.7 Å². The third-order valence-electron chi connectivity index (χ3n) is 20.9. The van der Waals surface area contributed by atoms with Crippen LogP contribution in [0, 0.1) is 75.9 Å². The van der Waals surface area contributed by atoms with Gasteiger partial charge in [0.25, 0.3) is 0 Å². The molecule has 0 bridgehead atoms. The second-order valence-corrected chi connectivity index (χ2v) is 72.5. The molecule has 4 aliphatic rings. The van der Waals surface area contributed by atoms with Crippen molar-refractivity contribution in [3.05, 3.63) is 51.7 Å². The van der Waals surface area contributed by atoms with Crippen LogP contribution in [0.25, 0.3) is 0 Å². The number of Topliss-reactive ketones (excluding diaryl/α,β-unsaturated/α-hetero) is 5. The van der Waals surface area contributed by atoms with Crippen LogP contribution in [0.15, 0.2) is 35.0 Å². The summed E-state index contributed by atoms with van der Waals surface area (Å²) in [4.78, 5) is 181. The molecule has 2 aliphatic heterocycles. The maximum absolute atomic E-state index is 14.3. The van der Waals surface area contributed by atoms with Gasteiger partial charge in [-0.2, -0.15) is 6.42 Å². The first kappa shape index (κ1) is 102. The number of fused-ring (bicyclic) bond motifs is 2. The standard InChI is InChI=1S/C39H61N3O8S.C39H59N3O8S.C3H7.3HI.H2O.V/c2*1-12-13-15-23(34(47)26(43)17-18-29(45)40-32(36(49)41(10)11)28-16-14-19-51-28)20-27(44)33-31-25(39(31,8)9)22-42(33)35(48)24(37(2,3)4)21-30(46)50-38(5,6)7;1-3-2;;;;;/h14,16,19,23-25,31-34,47H,12-13,15,17-18,20-22H2,1-11H3,(H,40,45);14,16,19,23-25,31-33H,12-13,15,17-18,20-22H2,1-11H3,(H,40,45);1,3H2,2H3;3*1H;1H2;/q;;-1;;;;;+3/p-3/t23?,24-,25+,31+,32+,33-,34?;23?,24-,25+,31+,32+,33-;;;;;;/m11....../s1. The predicted octanol–water partition coefficient (Wildman–Crippen LogP) is 14.0. The van der Waals surface area contributed by atoms with E-state index in [9.17, 15) is 67.4 Å². The van der Waals surface area contributed by atoms with Crippen molar-refractivity contribution in [2.45, 2.75) is 269 Å². The molecule has 110 heavy (non-hydrogen) atoms. The average molecular weight is 1950 g/mol. The molecule has 5 N–H and O–H groups in total. The van der Waals surface area contributed by atoms with Crippen molar-refractivity contribution in [1.29, 1.82) is 0 Å². The van der Waals surface area contributed by atoms with Gasteiger partial charge >= 0.3 is 76.8 Å². The summed E-state index contributed by atoms with van der Waals surface area (Å²) in [5, 5.41) is 20.4. The Balaban J connectivity index is 0.000000682. The number of piperidine rings is 2. The van der Waals surface area contributed by atoms with Gasteiger partial charge in [-0.3, -0.25) is 62.3 Å². The number of likely N-dealkylation sites (N-methyl/N-ethyl adjacent to an activating group) is 2. The summed E-state index contributed by atoms with van der Waals surface area (Å²) in [6, 6.07) is 3.81. The van der Waals surface area contributed by atoms with E-state index in [1.807, 2.05) is 67.7 Å². The molecule has 29 heteroatoms. The number of nitrogens with one attached hydrogen (secondary N) is 2. The van der Waals surface area contributed by atoms with Crippen LogP contribution in [-0.2, 0) is 76.7 Å². The number of ether oxygens (including phenoxy) is 2. The predicted molar refractivity (Wildman–Crippen MR) is 453 cm³/mol. The Bertz CT molecular complexity index is 3430. The van der Waals surface area contributed by atoms with Crippen LogP contribution < -0.4 is 10.6 Å². The second kappa shape index (κ2) is 44.5. The molecule has 0 aromatic carbocycles. The summed E-state index contributed by atoms with van der Waals surface area (Å²) in [7, 11) is 6.38. The summed E-state index contributed by atoms with van der Waals surface area (Å²) >= 11 is 10.1. The number of hydrogen-bond donors (Lipinski definition) is 3. The van der Waals surface area contributed by atoms with E-state index in [-0.39, 0.29) is 131 Å². The Kier molecular flexibility index (Phi) is 41.4. The van der Waals surface area contributed by atoms with Crippen molar-refractivity contribution in [2.24, 2.45) is 69.0 Å². The van der Waals surface area contributed by atoms with Crippen LogP contribution >= 0.6 is 82.6 Å². The van der Waals surface area contributed by atoms with Crippen molar-refractivity contribution in [3.8, 4) is 0 Å². The molecule has 6 rings (SSSR count). The summed E-state index contributed by atoms with van der Waals surface area (Å²) in [5.74, 6) is -8.41. The van der Waals surface area contributed by atoms with Gasteiger partial charge in [0.2, 0.25) is 41.2 Å². The molecule has 2 aliphatic carbocycles. The molecule has 23 nitrogen and oxygen atoms in total. The van der Waals surface area contributed by atoms with Crippen LogP contribution in [0.5, 0.6) is 0 Å². The minimum atomic E-state index is -1.46. The van der Waals surface area contributed by atoms with Gasteiger partial charge in [0, 0.05) is 95.5 Å². The van der Waals surface area contributed by atoms with E-state index < -0.39 is 117 Å². The number of halogens is 3. The molecule has 3 unspecified atom stereocenters. The number of rotatable bonds is 34. The second-order valence-electron chi connectivity index (χ2n) is 35.2. The Morgan fingerprint density at radius 2 is 0.945 bits per heavy atom. The number of unbranched alkanes of at least 4 members (excludes halogenated alkanes) is 2. The first-order valence-electron chi connectivity index (χ1n) is 38.2. The quantitative estimate of drug-likeness (QED) is 0.0254. The third kappa shape index (κ3) is 30.7. The molecule has 6 amide bonds. The zero-order valence-electron chi connectivity index (χ0n) is 69.5. The number of hydrogen-bond acceptors (Lipinski definition) is 18. The fraction of sp³-hybridized carbons (Fsp3) is 0.728. The van der Waals surface area contributed by atoms with E-state index in [0.29, 0.717) is 48.5 Å². The van der Waals surface area contributed by atoms with E-state index in [4.69, 9.17) is 9.47 Å². The van der Waals surface area contributed by atoms with Crippen molar-refractivity contribution >= 4 is 159 Å². The fourth-order valence-corrected chi connectivity index (χ4v) is 16.3. The van der Waals surface area contributed by atoms with Crippen LogP contribution in [0.4, 0.5) is 0 Å². The van der Waals surface area contributed by atoms with E-state index in [1.54, 1.807) is 109 Å². The molecule has 4 heterocycles. The van der Waals surface area contributed by atoms with Crippen molar-refractivity contribution in [2.75, 3.05) is 41.3 Å². The average Bonchev–Trinajstić information content (AvgIpc) is 1.53. The van der Waals surface area contributed by atoms with Gasteiger partial charge < -0.3 is 57.2 Å². The summed E-state index contributed by atoms with van der Waals surface area (Å²) in [5.41, 5.74) is -2.89. The summed E-state index contributed by atoms with van der Waals surface area (Å²) in [6.07, 6.45) is 1.56. The molecular formula is C81H129I3N6O17S2V-. The Labute approximate surface area is 701 Å². The van der Waals surface area contributed by atoms with Crippen molar-refractivity contribution in [1.82, 2.24) is 30.2 Å². The number of carbonyl (C=O) groups excluding carboxylic acids is 13. The van der Waals surface area contributed by atoms with Gasteiger partial charge in [-0.25, -0.2) is 0 Å². The number of ketones is 5. The van der Waals surface area contributed by atoms with Crippen molar-refractivity contribution in [3.63, 3.8) is 0 Å². The Hall–Kier alpha value is -3.80. The molecule has 4 fully saturated rings. The molecule has 13 atom stereocenters. The number of likely N-dealkylation sites (tertiary alicyclic amines) is 2. The SMILES string of the molecule is CCCCC(CC(=O)[C@@H]1[C@@H]2[C@H](CN1C(=O)[C@@H](CC(=O)OC(C)(C)C)C(C)(C)C)C2(C)C)C(=O)C(=O)CCC(=O)N[C@H](C(=O)N(C)C)c1cccs1.CCCCC(CC(=O)[C@@H]1[C@@H]2[C@H](CN1C(=O)[C@@H](CC(=O)OC(C)(C)C)C(C)(C)C)C2(C)C)C(O)C(=O)CCC(=O)N[C@H](C(=O)N(C)C)c1cccs1.O.[CH2-]CC.[I][V]([I])[I]. The van der Waals surface area contributed by atoms with Gasteiger partial charge in [-0.1, -0.05) is 128 Å². The normalized spacial score (nSPS) is 20.4. The van der Waals surface area contributed by atoms with Crippen LogP contribution in [-0.4, -0.2) is 177 Å². The number of thiophene rings is 2. The van der Waals surface area contributed by atoms with Crippen LogP contribution in [0.2, 0.25) is 0 Å². The van der Waals surface area contributed by atoms with Gasteiger partial charge in [0.05, 0.1) is 36.8 Å². The monoisotopic (exact) mass is 1950 g/mol. The number of amides is 6. The Morgan fingerprint density at radius 1 is 0.591 bits per heavy atom. The number of aliphatic hydroxyl groups is 1. The van der Waals surface area contributed by atoms with Crippen molar-refractivity contribution < 1.29 is 87.3 Å². The first-order valence-corrected chi connectivity index (χ1v) is 53.5. The molecule has 624 valence electrons. The number of nitrogens with zero attached hydrogens (tertiary/aromatic N) is 4. The number of esters is 2. The van der Waals surface area contributed by atoms with E-state index in [0.717, 1.165) is 19.3 Å². The van der Waals surface area contributed by atoms with E-state index in [1.165, 1.54) is 32.5 Å². The number of aliphatic hydroxyl groups excluding tert-OH is 1. The van der Waals surface area contributed by atoms with E-state index in [2.05, 4.69) is 105 Å². The summed E-state index contributed by atoms with van der Waals surface area (Å²) < 4.78 is 11.1. The number of carbonyl (C=O) groups is 13. The molecule has 2 saturated carbocycles. The first-order chi connectivity index (χ1) is 50.2. The van der Waals surface area contributed by atoms with Gasteiger partial charge in [-0.05, 0) is 129 Å². The van der Waals surface area contributed by atoms with E-state index >= 15 is 0 Å². The summed E-state index contributed by atoms with van der Waals surface area (Å²) in [6.45, 7) is 40.7. The molecule has 2 aromatic rings. The molecule has 0 spiro atoms. The maximum atomic E-state index is 14.3. The molecule has 2 aromatic heterocycles. The molecule has 2 saturated heterocycles. The topological polar surface area (TPSA) is 329 Å². The minimum absolute atomic E-state index is 0. The molecule has 0 radical (unpaired) electrons. The molecular weight excluding hydrogens is 1820 g/mol. The fourth-order valence-electron chi connectivity index (χ4n) is 14.8.